The Bertz CT molecular complexity index is 1680. The molecule has 0 aromatic heterocycles. The lowest BCUT2D eigenvalue weighted by atomic mass is 9.81. The van der Waals surface area contributed by atoms with Gasteiger partial charge in [-0.05, 0) is 75.3 Å². The standard InChI is InChI=1S/C41H60N6O8/c1-46(2)41(47(3)4)45-28-15-11-26(12-16-28)20-34(49)30-21-29(35(52-5)23-36(30)53-6)33(48)19-25-9-13-27(14-10-25)44-40(51)32-22-31(39(50)43-18-17-42)37(54-7)24-38(32)55-8/h21-28H,9-20,42H2,1-8H3,(H,43,50)(H,44,51). The molecule has 0 heterocycles. The van der Waals surface area contributed by atoms with Crippen LogP contribution < -0.4 is 35.3 Å². The molecule has 302 valence electrons. The SMILES string of the molecule is COc1cc(OC)c(C(=O)CC2CCC(NC(=O)c3cc(C(=O)NCCN)c(OC)cc3OC)CC2)cc1C(=O)CC1CCC(N=C(N(C)C)N(C)C)CC1. The molecule has 2 saturated carbocycles. The second-order valence-corrected chi connectivity index (χ2v) is 14.9. The molecule has 0 aliphatic heterocycles. The van der Waals surface area contributed by atoms with E-state index in [2.05, 4.69) is 10.6 Å². The fourth-order valence-corrected chi connectivity index (χ4v) is 7.66. The van der Waals surface area contributed by atoms with Crippen LogP contribution in [0.5, 0.6) is 23.0 Å². The van der Waals surface area contributed by atoms with Crippen LogP contribution in [-0.2, 0) is 0 Å². The van der Waals surface area contributed by atoms with E-state index in [1.807, 2.05) is 38.0 Å². The van der Waals surface area contributed by atoms with Crippen molar-refractivity contribution in [2.24, 2.45) is 22.6 Å². The van der Waals surface area contributed by atoms with Gasteiger partial charge in [-0.3, -0.25) is 19.2 Å². The number of nitrogens with zero attached hydrogens (tertiary/aromatic N) is 3. The van der Waals surface area contributed by atoms with Crippen molar-refractivity contribution in [1.29, 1.82) is 0 Å². The van der Waals surface area contributed by atoms with E-state index in [9.17, 15) is 19.2 Å². The van der Waals surface area contributed by atoms with Crippen molar-refractivity contribution in [3.63, 3.8) is 0 Å². The van der Waals surface area contributed by atoms with Gasteiger partial charge in [0.15, 0.2) is 17.5 Å². The molecule has 2 aliphatic rings. The number of benzene rings is 2. The van der Waals surface area contributed by atoms with Gasteiger partial charge in [-0.15, -0.1) is 0 Å². The number of rotatable bonds is 16. The molecule has 0 spiro atoms. The number of ether oxygens (including phenoxy) is 4. The minimum atomic E-state index is -0.405. The van der Waals surface area contributed by atoms with Crippen LogP contribution in [0.4, 0.5) is 0 Å². The Morgan fingerprint density at radius 2 is 1.05 bits per heavy atom. The van der Waals surface area contributed by atoms with E-state index in [1.165, 1.54) is 40.6 Å². The number of nitrogens with one attached hydrogen (secondary N) is 2. The van der Waals surface area contributed by atoms with Crippen LogP contribution in [0.3, 0.4) is 0 Å². The first-order chi connectivity index (χ1) is 26.3. The number of hydrogen-bond acceptors (Lipinski definition) is 10. The van der Waals surface area contributed by atoms with Gasteiger partial charge < -0.3 is 45.1 Å². The lowest BCUT2D eigenvalue weighted by molar-refractivity contribution is 0.0892. The number of amides is 2. The minimum absolute atomic E-state index is 0.0455. The maximum Gasteiger partial charge on any atom is 0.255 e. The number of ketones is 2. The fraction of sp³-hybridized carbons (Fsp3) is 0.585. The van der Waals surface area contributed by atoms with E-state index in [-0.39, 0.29) is 83.5 Å². The molecule has 0 atom stereocenters. The summed E-state index contributed by atoms with van der Waals surface area (Å²) in [6.45, 7) is 0.549. The van der Waals surface area contributed by atoms with Gasteiger partial charge in [0.25, 0.3) is 11.8 Å². The molecule has 2 aromatic carbocycles. The molecule has 4 rings (SSSR count). The van der Waals surface area contributed by atoms with Crippen LogP contribution >= 0.6 is 0 Å². The van der Waals surface area contributed by atoms with Crippen molar-refractivity contribution in [3.05, 3.63) is 46.5 Å². The van der Waals surface area contributed by atoms with E-state index in [4.69, 9.17) is 29.7 Å². The van der Waals surface area contributed by atoms with Crippen molar-refractivity contribution in [2.45, 2.75) is 76.3 Å². The van der Waals surface area contributed by atoms with Crippen molar-refractivity contribution in [1.82, 2.24) is 20.4 Å². The molecule has 2 amide bonds. The number of carbonyl (C=O) groups excluding carboxylic acids is 4. The van der Waals surface area contributed by atoms with Crippen LogP contribution in [-0.4, -0.2) is 121 Å². The monoisotopic (exact) mass is 764 g/mol. The average Bonchev–Trinajstić information content (AvgIpc) is 3.18. The summed E-state index contributed by atoms with van der Waals surface area (Å²) < 4.78 is 22.1. The fourth-order valence-electron chi connectivity index (χ4n) is 7.66. The second-order valence-electron chi connectivity index (χ2n) is 14.9. The zero-order chi connectivity index (χ0) is 40.2. The highest BCUT2D eigenvalue weighted by molar-refractivity contribution is 6.05. The average molecular weight is 765 g/mol. The first-order valence-electron chi connectivity index (χ1n) is 19.1. The van der Waals surface area contributed by atoms with Crippen LogP contribution in [0, 0.1) is 11.8 Å². The van der Waals surface area contributed by atoms with E-state index in [0.717, 1.165) is 44.5 Å². The summed E-state index contributed by atoms with van der Waals surface area (Å²) in [7, 11) is 13.9. The summed E-state index contributed by atoms with van der Waals surface area (Å²) in [5.74, 6) is 1.69. The lowest BCUT2D eigenvalue weighted by Crippen LogP contribution is -2.38. The molecule has 0 bridgehead atoms. The molecule has 2 fully saturated rings. The molecular weight excluding hydrogens is 704 g/mol. The first kappa shape index (κ1) is 42.9. The number of carbonyl (C=O) groups is 4. The molecule has 0 unspecified atom stereocenters. The maximum absolute atomic E-state index is 13.8. The Kier molecular flexibility index (Phi) is 15.7. The Labute approximate surface area is 325 Å². The molecule has 0 radical (unpaired) electrons. The van der Waals surface area contributed by atoms with Crippen molar-refractivity contribution >= 4 is 29.3 Å². The van der Waals surface area contributed by atoms with Crippen LogP contribution in [0.25, 0.3) is 0 Å². The molecule has 55 heavy (non-hydrogen) atoms. The third-order valence-electron chi connectivity index (χ3n) is 10.6. The summed E-state index contributed by atoms with van der Waals surface area (Å²) in [5.41, 5.74) is 6.73. The van der Waals surface area contributed by atoms with E-state index >= 15 is 0 Å². The number of aliphatic imine (C=N–C) groups is 1. The van der Waals surface area contributed by atoms with Crippen LogP contribution in [0.15, 0.2) is 29.3 Å². The van der Waals surface area contributed by atoms with E-state index in [0.29, 0.717) is 41.9 Å². The Hall–Kier alpha value is -4.85. The lowest BCUT2D eigenvalue weighted by Gasteiger charge is -2.29. The predicted molar refractivity (Wildman–Crippen MR) is 212 cm³/mol. The molecule has 0 saturated heterocycles. The molecule has 2 aromatic rings. The van der Waals surface area contributed by atoms with Crippen molar-refractivity contribution in [2.75, 3.05) is 69.7 Å². The number of methoxy groups -OCH3 is 4. The van der Waals surface area contributed by atoms with Gasteiger partial charge in [0.1, 0.15) is 23.0 Å². The van der Waals surface area contributed by atoms with Gasteiger partial charge in [0, 0.05) is 72.3 Å². The molecule has 4 N–H and O–H groups in total. The number of guanidine groups is 1. The highest BCUT2D eigenvalue weighted by atomic mass is 16.5. The molecule has 14 nitrogen and oxygen atoms in total. The maximum atomic E-state index is 13.8. The third kappa shape index (κ3) is 11.1. The number of nitrogens with two attached hydrogens (primary N) is 1. The number of Topliss-reactive ketones (excluding diaryl/α,β-unsaturated/α-hetero) is 2. The summed E-state index contributed by atoms with van der Waals surface area (Å²) >= 11 is 0. The molecular formula is C41H60N6O8. The van der Waals surface area contributed by atoms with Crippen LogP contribution in [0.1, 0.15) is 106 Å². The Balaban J connectivity index is 1.38. The minimum Gasteiger partial charge on any atom is -0.496 e. The Morgan fingerprint density at radius 1 is 0.636 bits per heavy atom. The Morgan fingerprint density at radius 3 is 1.49 bits per heavy atom. The van der Waals surface area contributed by atoms with Gasteiger partial charge in [0.2, 0.25) is 0 Å². The highest BCUT2D eigenvalue weighted by Gasteiger charge is 2.30. The summed E-state index contributed by atoms with van der Waals surface area (Å²) in [6, 6.07) is 6.39. The molecule has 2 aliphatic carbocycles. The third-order valence-corrected chi connectivity index (χ3v) is 10.6. The molecule has 14 heteroatoms. The summed E-state index contributed by atoms with van der Waals surface area (Å²) in [4.78, 5) is 62.8. The highest BCUT2D eigenvalue weighted by Crippen LogP contribution is 2.37. The van der Waals surface area contributed by atoms with Crippen LogP contribution in [0.2, 0.25) is 0 Å². The predicted octanol–water partition coefficient (Wildman–Crippen LogP) is 4.58. The van der Waals surface area contributed by atoms with Gasteiger partial charge >= 0.3 is 0 Å². The van der Waals surface area contributed by atoms with Gasteiger partial charge in [-0.1, -0.05) is 0 Å². The van der Waals surface area contributed by atoms with Crippen molar-refractivity contribution < 1.29 is 38.1 Å². The van der Waals surface area contributed by atoms with E-state index < -0.39 is 5.91 Å². The smallest absolute Gasteiger partial charge is 0.255 e. The normalized spacial score (nSPS) is 19.4. The van der Waals surface area contributed by atoms with Gasteiger partial charge in [0.05, 0.1) is 56.7 Å². The second kappa shape index (κ2) is 20.2. The van der Waals surface area contributed by atoms with Gasteiger partial charge in [-0.2, -0.15) is 0 Å². The summed E-state index contributed by atoms with van der Waals surface area (Å²) in [5, 5.41) is 5.80. The zero-order valence-electron chi connectivity index (χ0n) is 33.8. The first-order valence-corrected chi connectivity index (χ1v) is 19.1. The van der Waals surface area contributed by atoms with Crippen molar-refractivity contribution in [3.8, 4) is 23.0 Å². The number of hydrogen-bond donors (Lipinski definition) is 3. The zero-order valence-corrected chi connectivity index (χ0v) is 33.8. The largest absolute Gasteiger partial charge is 0.496 e. The quantitative estimate of drug-likeness (QED) is 0.124. The van der Waals surface area contributed by atoms with Gasteiger partial charge in [-0.25, -0.2) is 4.99 Å². The van der Waals surface area contributed by atoms with E-state index in [1.54, 1.807) is 12.1 Å². The summed E-state index contributed by atoms with van der Waals surface area (Å²) in [6.07, 6.45) is 7.12. The topological polar surface area (TPSA) is 174 Å².